The van der Waals surface area contributed by atoms with Gasteiger partial charge in [0.2, 0.25) is 0 Å². The number of aromatic nitrogens is 1. The van der Waals surface area contributed by atoms with Gasteiger partial charge in [-0.1, -0.05) is 0 Å². The van der Waals surface area contributed by atoms with Crippen molar-refractivity contribution >= 4 is 22.9 Å². The Bertz CT molecular complexity index is 751. The van der Waals surface area contributed by atoms with Crippen LogP contribution in [0.25, 0.3) is 0 Å². The van der Waals surface area contributed by atoms with Crippen molar-refractivity contribution in [2.45, 2.75) is 19.4 Å². The Morgan fingerprint density at radius 2 is 1.92 bits per heavy atom. The van der Waals surface area contributed by atoms with Crippen LogP contribution in [0.4, 0.5) is 10.1 Å². The lowest BCUT2D eigenvalue weighted by Crippen LogP contribution is -2.45. The van der Waals surface area contributed by atoms with Gasteiger partial charge in [0.1, 0.15) is 16.5 Å². The van der Waals surface area contributed by atoms with Crippen LogP contribution in [0.2, 0.25) is 0 Å². The number of anilines is 1. The van der Waals surface area contributed by atoms with Gasteiger partial charge in [0, 0.05) is 43.8 Å². The van der Waals surface area contributed by atoms with E-state index in [9.17, 15) is 9.18 Å². The minimum Gasteiger partial charge on any atom is -0.369 e. The first-order valence-electron chi connectivity index (χ1n) is 9.13. The fourth-order valence-electron chi connectivity index (χ4n) is 3.14. The van der Waals surface area contributed by atoms with Gasteiger partial charge >= 0.3 is 0 Å². The minimum atomic E-state index is -0.201. The van der Waals surface area contributed by atoms with E-state index in [4.69, 9.17) is 0 Å². The van der Waals surface area contributed by atoms with Gasteiger partial charge in [-0.3, -0.25) is 9.69 Å². The van der Waals surface area contributed by atoms with Crippen molar-refractivity contribution in [1.29, 1.82) is 0 Å². The van der Waals surface area contributed by atoms with Crippen LogP contribution in [0.5, 0.6) is 0 Å². The van der Waals surface area contributed by atoms with Gasteiger partial charge in [-0.25, -0.2) is 9.37 Å². The quantitative estimate of drug-likeness (QED) is 0.845. The average molecular weight is 374 g/mol. The van der Waals surface area contributed by atoms with Gasteiger partial charge in [0.05, 0.1) is 6.54 Å². The number of nitrogens with zero attached hydrogens (tertiary/aromatic N) is 3. The van der Waals surface area contributed by atoms with Crippen molar-refractivity contribution in [3.05, 3.63) is 46.2 Å². The van der Waals surface area contributed by atoms with E-state index in [0.717, 1.165) is 50.0 Å². The van der Waals surface area contributed by atoms with Crippen LogP contribution >= 0.6 is 11.3 Å². The maximum absolute atomic E-state index is 13.0. The Balaban J connectivity index is 1.26. The van der Waals surface area contributed by atoms with Crippen LogP contribution in [0.15, 0.2) is 29.6 Å². The molecule has 0 radical (unpaired) electrons. The number of benzene rings is 1. The normalized spacial score (nSPS) is 18.1. The molecule has 2 aromatic rings. The molecule has 1 aromatic carbocycles. The molecule has 1 amide bonds. The molecule has 1 saturated heterocycles. The number of hydrogen-bond acceptors (Lipinski definition) is 5. The number of halogens is 1. The Morgan fingerprint density at radius 3 is 2.62 bits per heavy atom. The highest BCUT2D eigenvalue weighted by Crippen LogP contribution is 2.27. The van der Waals surface area contributed by atoms with Crippen LogP contribution in [-0.4, -0.2) is 48.5 Å². The van der Waals surface area contributed by atoms with Gasteiger partial charge < -0.3 is 10.2 Å². The van der Waals surface area contributed by atoms with Crippen LogP contribution < -0.4 is 10.2 Å². The minimum absolute atomic E-state index is 0.0551. The number of nitrogens with one attached hydrogen (secondary N) is 1. The number of rotatable bonds is 6. The van der Waals surface area contributed by atoms with E-state index in [-0.39, 0.29) is 11.7 Å². The first kappa shape index (κ1) is 17.4. The molecular weight excluding hydrogens is 351 g/mol. The first-order valence-corrected chi connectivity index (χ1v) is 10.0. The van der Waals surface area contributed by atoms with Crippen molar-refractivity contribution in [3.8, 4) is 0 Å². The summed E-state index contributed by atoms with van der Waals surface area (Å²) in [5.74, 6) is 0.420. The molecule has 0 unspecified atom stereocenters. The highest BCUT2D eigenvalue weighted by molar-refractivity contribution is 7.09. The molecule has 1 N–H and O–H groups in total. The molecule has 2 aliphatic rings. The third kappa shape index (κ3) is 4.40. The van der Waals surface area contributed by atoms with Crippen molar-refractivity contribution in [2.24, 2.45) is 5.92 Å². The molecule has 138 valence electrons. The number of thiazole rings is 1. The fourth-order valence-corrected chi connectivity index (χ4v) is 3.96. The molecule has 2 fully saturated rings. The first-order chi connectivity index (χ1) is 12.7. The second-order valence-electron chi connectivity index (χ2n) is 7.02. The van der Waals surface area contributed by atoms with E-state index in [2.05, 4.69) is 20.1 Å². The van der Waals surface area contributed by atoms with Gasteiger partial charge in [0.25, 0.3) is 5.91 Å². The summed E-state index contributed by atoms with van der Waals surface area (Å²) in [5.41, 5.74) is 1.60. The average Bonchev–Trinajstić information content (AvgIpc) is 3.38. The Morgan fingerprint density at radius 1 is 1.19 bits per heavy atom. The van der Waals surface area contributed by atoms with Gasteiger partial charge in [-0.15, -0.1) is 11.3 Å². The summed E-state index contributed by atoms with van der Waals surface area (Å²) in [4.78, 5) is 21.2. The summed E-state index contributed by atoms with van der Waals surface area (Å²) in [6, 6.07) is 6.68. The fraction of sp³-hybridized carbons (Fsp3) is 0.474. The van der Waals surface area contributed by atoms with Crippen molar-refractivity contribution < 1.29 is 9.18 Å². The lowest BCUT2D eigenvalue weighted by molar-refractivity contribution is 0.0947. The third-order valence-electron chi connectivity index (χ3n) is 4.96. The summed E-state index contributed by atoms with van der Waals surface area (Å²) in [5, 5.41) is 5.80. The smallest absolute Gasteiger partial charge is 0.270 e. The number of hydrogen-bond donors (Lipinski definition) is 1. The standard InChI is InChI=1S/C19H23FN4OS/c20-15-3-5-16(6-4-15)24-9-7-23(8-10-24)12-18-22-17(13-26-18)19(25)21-11-14-1-2-14/h3-6,13-14H,1-2,7-12H2,(H,21,25). The molecule has 0 spiro atoms. The Hall–Kier alpha value is -1.99. The SMILES string of the molecule is O=C(NCC1CC1)c1csc(CN2CCN(c3ccc(F)cc3)CC2)n1. The van der Waals surface area contributed by atoms with Crippen molar-refractivity contribution in [3.63, 3.8) is 0 Å². The van der Waals surface area contributed by atoms with E-state index < -0.39 is 0 Å². The summed E-state index contributed by atoms with van der Waals surface area (Å²) < 4.78 is 13.0. The zero-order valence-electron chi connectivity index (χ0n) is 14.7. The van der Waals surface area contributed by atoms with E-state index in [1.54, 1.807) is 11.3 Å². The molecule has 5 nitrogen and oxygen atoms in total. The Labute approximate surface area is 156 Å². The van der Waals surface area contributed by atoms with Crippen molar-refractivity contribution in [2.75, 3.05) is 37.6 Å². The predicted molar refractivity (Wildman–Crippen MR) is 101 cm³/mol. The van der Waals surface area contributed by atoms with Gasteiger partial charge in [0.15, 0.2) is 0 Å². The zero-order chi connectivity index (χ0) is 17.9. The largest absolute Gasteiger partial charge is 0.369 e. The van der Waals surface area contributed by atoms with E-state index in [1.165, 1.54) is 25.0 Å². The predicted octanol–water partition coefficient (Wildman–Crippen LogP) is 2.74. The highest BCUT2D eigenvalue weighted by atomic mass is 32.1. The molecule has 1 aliphatic heterocycles. The molecule has 2 heterocycles. The van der Waals surface area contributed by atoms with Crippen molar-refractivity contribution in [1.82, 2.24) is 15.2 Å². The molecule has 7 heteroatoms. The van der Waals surface area contributed by atoms with Crippen LogP contribution in [0.3, 0.4) is 0 Å². The molecule has 1 saturated carbocycles. The van der Waals surface area contributed by atoms with E-state index in [1.807, 2.05) is 17.5 Å². The lowest BCUT2D eigenvalue weighted by Gasteiger charge is -2.35. The second-order valence-corrected chi connectivity index (χ2v) is 7.96. The van der Waals surface area contributed by atoms with Gasteiger partial charge in [-0.2, -0.15) is 0 Å². The lowest BCUT2D eigenvalue weighted by atomic mass is 10.2. The van der Waals surface area contributed by atoms with Gasteiger partial charge in [-0.05, 0) is 43.0 Å². The summed E-state index contributed by atoms with van der Waals surface area (Å²) in [6.07, 6.45) is 2.46. The molecule has 0 bridgehead atoms. The monoisotopic (exact) mass is 374 g/mol. The maximum Gasteiger partial charge on any atom is 0.270 e. The number of piperazine rings is 1. The number of carbonyl (C=O) groups is 1. The molecule has 0 atom stereocenters. The molecule has 1 aromatic heterocycles. The Kier molecular flexibility index (Phi) is 5.17. The third-order valence-corrected chi connectivity index (χ3v) is 5.79. The molecule has 4 rings (SSSR count). The second kappa shape index (κ2) is 7.72. The van der Waals surface area contributed by atoms with E-state index in [0.29, 0.717) is 11.6 Å². The van der Waals surface area contributed by atoms with Crippen LogP contribution in [-0.2, 0) is 6.54 Å². The van der Waals surface area contributed by atoms with Crippen LogP contribution in [0.1, 0.15) is 28.3 Å². The topological polar surface area (TPSA) is 48.5 Å². The summed E-state index contributed by atoms with van der Waals surface area (Å²) >= 11 is 1.55. The number of carbonyl (C=O) groups excluding carboxylic acids is 1. The maximum atomic E-state index is 13.0. The molecule has 1 aliphatic carbocycles. The summed E-state index contributed by atoms with van der Waals surface area (Å²) in [7, 11) is 0. The van der Waals surface area contributed by atoms with E-state index >= 15 is 0 Å². The number of amides is 1. The highest BCUT2D eigenvalue weighted by Gasteiger charge is 2.23. The molecular formula is C19H23FN4OS. The summed E-state index contributed by atoms with van der Waals surface area (Å²) in [6.45, 7) is 5.23. The molecule has 26 heavy (non-hydrogen) atoms. The zero-order valence-corrected chi connectivity index (χ0v) is 15.5. The van der Waals surface area contributed by atoms with Crippen LogP contribution in [0, 0.1) is 11.7 Å².